The first kappa shape index (κ1) is 17.2. The minimum absolute atomic E-state index is 0.0721. The lowest BCUT2D eigenvalue weighted by molar-refractivity contribution is -0.134. The molecule has 1 aliphatic carbocycles. The van der Waals surface area contributed by atoms with Crippen molar-refractivity contribution in [1.29, 1.82) is 0 Å². The fourth-order valence-electron chi connectivity index (χ4n) is 3.21. The summed E-state index contributed by atoms with van der Waals surface area (Å²) in [5.74, 6) is 0.948. The molecule has 4 heteroatoms. The monoisotopic (exact) mass is 338 g/mol. The maximum Gasteiger partial charge on any atom is 0.311 e. The predicted molar refractivity (Wildman–Crippen MR) is 95.4 cm³/mol. The van der Waals surface area contributed by atoms with Gasteiger partial charge in [-0.2, -0.15) is 0 Å². The number of methoxy groups -OCH3 is 1. The van der Waals surface area contributed by atoms with Crippen LogP contribution in [0.4, 0.5) is 0 Å². The summed E-state index contributed by atoms with van der Waals surface area (Å²) in [5, 5.41) is 0. The first-order chi connectivity index (χ1) is 12.1. The number of aryl methyl sites for hydroxylation is 2. The lowest BCUT2D eigenvalue weighted by Gasteiger charge is -2.20. The van der Waals surface area contributed by atoms with Crippen molar-refractivity contribution >= 4 is 11.8 Å². The number of hydrogen-bond acceptors (Lipinski definition) is 4. The Kier molecular flexibility index (Phi) is 5.17. The Balaban J connectivity index is 1.68. The second kappa shape index (κ2) is 7.51. The van der Waals surface area contributed by atoms with E-state index in [0.717, 1.165) is 35.3 Å². The molecule has 0 unspecified atom stereocenters. The van der Waals surface area contributed by atoms with Gasteiger partial charge in [-0.05, 0) is 61.1 Å². The third kappa shape index (κ3) is 3.90. The van der Waals surface area contributed by atoms with Gasteiger partial charge in [-0.1, -0.05) is 18.2 Å². The molecular weight excluding hydrogens is 316 g/mol. The number of ether oxygens (including phenoxy) is 2. The van der Waals surface area contributed by atoms with Crippen LogP contribution in [0, 0.1) is 6.92 Å². The Morgan fingerprint density at radius 1 is 1.08 bits per heavy atom. The molecule has 4 nitrogen and oxygen atoms in total. The van der Waals surface area contributed by atoms with E-state index in [1.165, 1.54) is 0 Å². The third-order valence-corrected chi connectivity index (χ3v) is 4.62. The van der Waals surface area contributed by atoms with Crippen LogP contribution in [0.2, 0.25) is 0 Å². The molecule has 0 radical (unpaired) electrons. The Morgan fingerprint density at radius 2 is 1.84 bits per heavy atom. The zero-order valence-electron chi connectivity index (χ0n) is 14.6. The number of carbonyl (C=O) groups is 2. The predicted octanol–water partition coefficient (Wildman–Crippen LogP) is 4.06. The molecule has 2 aromatic carbocycles. The number of ketones is 1. The number of rotatable bonds is 5. The van der Waals surface area contributed by atoms with Gasteiger partial charge in [-0.15, -0.1) is 0 Å². The number of Topliss-reactive ketones (excluding diaryl/α,β-unsaturated/α-hetero) is 1. The topological polar surface area (TPSA) is 52.6 Å². The minimum atomic E-state index is -0.319. The van der Waals surface area contributed by atoms with Crippen LogP contribution in [0.1, 0.15) is 46.3 Å². The van der Waals surface area contributed by atoms with Crippen molar-refractivity contribution in [3.05, 3.63) is 58.7 Å². The Morgan fingerprint density at radius 3 is 2.56 bits per heavy atom. The van der Waals surface area contributed by atoms with Crippen LogP contribution < -0.4 is 9.47 Å². The lowest BCUT2D eigenvalue weighted by atomic mass is 9.87. The van der Waals surface area contributed by atoms with Crippen molar-refractivity contribution in [2.45, 2.75) is 39.0 Å². The summed E-state index contributed by atoms with van der Waals surface area (Å²) < 4.78 is 10.6. The van der Waals surface area contributed by atoms with E-state index in [1.807, 2.05) is 37.3 Å². The van der Waals surface area contributed by atoms with Crippen LogP contribution in [-0.4, -0.2) is 18.9 Å². The molecule has 3 rings (SSSR count). The number of fused-ring (bicyclic) bond motifs is 1. The van der Waals surface area contributed by atoms with E-state index in [4.69, 9.17) is 9.47 Å². The zero-order valence-corrected chi connectivity index (χ0v) is 14.6. The summed E-state index contributed by atoms with van der Waals surface area (Å²) in [6.07, 6.45) is 3.10. The number of esters is 1. The highest BCUT2D eigenvalue weighted by atomic mass is 16.5. The summed E-state index contributed by atoms with van der Waals surface area (Å²) >= 11 is 0. The molecule has 0 fully saturated rings. The molecule has 0 aliphatic heterocycles. The van der Waals surface area contributed by atoms with Crippen molar-refractivity contribution < 1.29 is 19.1 Å². The second-order valence-corrected chi connectivity index (χ2v) is 6.33. The van der Waals surface area contributed by atoms with Gasteiger partial charge in [0.25, 0.3) is 0 Å². The van der Waals surface area contributed by atoms with Crippen LogP contribution in [0.25, 0.3) is 0 Å². The molecule has 0 heterocycles. The lowest BCUT2D eigenvalue weighted by Crippen LogP contribution is -2.17. The molecule has 0 bridgehead atoms. The molecule has 0 N–H and O–H groups in total. The van der Waals surface area contributed by atoms with Crippen molar-refractivity contribution in [2.75, 3.05) is 7.11 Å². The van der Waals surface area contributed by atoms with Crippen LogP contribution >= 0.6 is 0 Å². The minimum Gasteiger partial charge on any atom is -0.497 e. The van der Waals surface area contributed by atoms with E-state index in [-0.39, 0.29) is 18.2 Å². The van der Waals surface area contributed by atoms with E-state index in [2.05, 4.69) is 0 Å². The van der Waals surface area contributed by atoms with Gasteiger partial charge >= 0.3 is 5.97 Å². The van der Waals surface area contributed by atoms with Gasteiger partial charge in [0.1, 0.15) is 11.5 Å². The summed E-state index contributed by atoms with van der Waals surface area (Å²) in [6, 6.07) is 11.3. The second-order valence-electron chi connectivity index (χ2n) is 6.33. The summed E-state index contributed by atoms with van der Waals surface area (Å²) in [7, 11) is 1.62. The van der Waals surface area contributed by atoms with Crippen LogP contribution in [0.3, 0.4) is 0 Å². The van der Waals surface area contributed by atoms with Gasteiger partial charge in [-0.25, -0.2) is 0 Å². The van der Waals surface area contributed by atoms with Gasteiger partial charge < -0.3 is 9.47 Å². The molecule has 0 saturated carbocycles. The largest absolute Gasteiger partial charge is 0.497 e. The molecular formula is C21H22O4. The Bertz CT molecular complexity index is 790. The van der Waals surface area contributed by atoms with Crippen molar-refractivity contribution in [3.63, 3.8) is 0 Å². The van der Waals surface area contributed by atoms with E-state index >= 15 is 0 Å². The first-order valence-corrected chi connectivity index (χ1v) is 8.58. The molecule has 0 saturated heterocycles. The van der Waals surface area contributed by atoms with Gasteiger partial charge in [0.2, 0.25) is 0 Å². The van der Waals surface area contributed by atoms with Crippen LogP contribution in [0.5, 0.6) is 11.5 Å². The van der Waals surface area contributed by atoms with E-state index < -0.39 is 0 Å². The SMILES string of the molecule is COc1ccc(CCC(=O)Oc2ccc(C)c3c2C(=O)CCC3)cc1. The van der Waals surface area contributed by atoms with Gasteiger partial charge in [0, 0.05) is 12.8 Å². The Hall–Kier alpha value is -2.62. The fourth-order valence-corrected chi connectivity index (χ4v) is 3.21. The highest BCUT2D eigenvalue weighted by Gasteiger charge is 2.24. The van der Waals surface area contributed by atoms with Gasteiger partial charge in [0.05, 0.1) is 12.7 Å². The molecule has 130 valence electrons. The maximum absolute atomic E-state index is 12.3. The fraction of sp³-hybridized carbons (Fsp3) is 0.333. The quantitative estimate of drug-likeness (QED) is 0.609. The molecule has 0 spiro atoms. The van der Waals surface area contributed by atoms with E-state index in [1.54, 1.807) is 13.2 Å². The highest BCUT2D eigenvalue weighted by Crippen LogP contribution is 2.32. The van der Waals surface area contributed by atoms with Crippen LogP contribution in [-0.2, 0) is 17.6 Å². The average molecular weight is 338 g/mol. The first-order valence-electron chi connectivity index (χ1n) is 8.58. The zero-order chi connectivity index (χ0) is 17.8. The van der Waals surface area contributed by atoms with Gasteiger partial charge in [0.15, 0.2) is 5.78 Å². The molecule has 0 amide bonds. The number of benzene rings is 2. The van der Waals surface area contributed by atoms with Crippen molar-refractivity contribution in [3.8, 4) is 11.5 Å². The molecule has 0 aromatic heterocycles. The molecule has 1 aliphatic rings. The van der Waals surface area contributed by atoms with Crippen molar-refractivity contribution in [2.24, 2.45) is 0 Å². The maximum atomic E-state index is 12.3. The standard InChI is InChI=1S/C21H22O4/c1-14-6-12-19(21-17(14)4-3-5-18(21)22)25-20(23)13-9-15-7-10-16(24-2)11-8-15/h6-8,10-12H,3-5,9,13H2,1-2H3. The summed E-state index contributed by atoms with van der Waals surface area (Å²) in [6.45, 7) is 1.99. The summed E-state index contributed by atoms with van der Waals surface area (Å²) in [5.41, 5.74) is 3.75. The molecule has 2 aromatic rings. The van der Waals surface area contributed by atoms with Crippen LogP contribution in [0.15, 0.2) is 36.4 Å². The number of carbonyl (C=O) groups excluding carboxylic acids is 2. The van der Waals surface area contributed by atoms with Crippen molar-refractivity contribution in [1.82, 2.24) is 0 Å². The van der Waals surface area contributed by atoms with E-state index in [9.17, 15) is 9.59 Å². The molecule has 25 heavy (non-hydrogen) atoms. The normalized spacial score (nSPS) is 13.3. The highest BCUT2D eigenvalue weighted by molar-refractivity contribution is 6.02. The summed E-state index contributed by atoms with van der Waals surface area (Å²) in [4.78, 5) is 24.5. The van der Waals surface area contributed by atoms with Gasteiger partial charge in [-0.3, -0.25) is 9.59 Å². The number of hydrogen-bond donors (Lipinski definition) is 0. The average Bonchev–Trinajstić information content (AvgIpc) is 2.63. The third-order valence-electron chi connectivity index (χ3n) is 4.62. The molecule has 0 atom stereocenters. The van der Waals surface area contributed by atoms with E-state index in [0.29, 0.717) is 24.2 Å². The Labute approximate surface area is 147 Å². The smallest absolute Gasteiger partial charge is 0.311 e.